The van der Waals surface area contributed by atoms with Gasteiger partial charge >= 0.3 is 5.97 Å². The summed E-state index contributed by atoms with van der Waals surface area (Å²) in [6.45, 7) is 9.05. The fourth-order valence-electron chi connectivity index (χ4n) is 4.08. The third-order valence-corrected chi connectivity index (χ3v) is 6.14. The van der Waals surface area contributed by atoms with Gasteiger partial charge in [-0.05, 0) is 37.0 Å². The molecule has 0 aromatic heterocycles. The van der Waals surface area contributed by atoms with Gasteiger partial charge in [0, 0.05) is 5.41 Å². The number of fused-ring (bicyclic) bond motifs is 2. The lowest BCUT2D eigenvalue weighted by atomic mass is 9.70. The summed E-state index contributed by atoms with van der Waals surface area (Å²) in [5.41, 5.74) is 6.34. The summed E-state index contributed by atoms with van der Waals surface area (Å²) in [6.07, 6.45) is 6.35. The smallest absolute Gasteiger partial charge is 0.323 e. The number of esters is 1. The zero-order chi connectivity index (χ0) is 14.3. The quantitative estimate of drug-likeness (QED) is 0.778. The second-order valence-electron chi connectivity index (χ2n) is 7.28. The van der Waals surface area contributed by atoms with E-state index >= 15 is 0 Å². The Kier molecular flexibility index (Phi) is 3.97. The van der Waals surface area contributed by atoms with Gasteiger partial charge in [0.05, 0.1) is 0 Å². The minimum Gasteiger partial charge on any atom is -0.461 e. The summed E-state index contributed by atoms with van der Waals surface area (Å²) in [7, 11) is 0. The minimum absolute atomic E-state index is 0.0708. The monoisotopic (exact) mass is 267 g/mol. The molecule has 2 saturated carbocycles. The molecule has 0 radical (unpaired) electrons. The molecular weight excluding hydrogens is 238 g/mol. The first-order valence-electron chi connectivity index (χ1n) is 7.79. The Morgan fingerprint density at radius 2 is 2.11 bits per heavy atom. The van der Waals surface area contributed by atoms with Crippen molar-refractivity contribution >= 4 is 5.97 Å². The van der Waals surface area contributed by atoms with Gasteiger partial charge in [-0.1, -0.05) is 40.5 Å². The zero-order valence-corrected chi connectivity index (χ0v) is 12.9. The maximum absolute atomic E-state index is 12.1. The van der Waals surface area contributed by atoms with Crippen LogP contribution in [0, 0.1) is 16.7 Å². The summed E-state index contributed by atoms with van der Waals surface area (Å²) in [4.78, 5) is 12.1. The number of hydrogen-bond acceptors (Lipinski definition) is 3. The van der Waals surface area contributed by atoms with E-state index in [-0.39, 0.29) is 22.9 Å². The molecule has 110 valence electrons. The highest BCUT2D eigenvalue weighted by Gasteiger charge is 2.62. The van der Waals surface area contributed by atoms with E-state index < -0.39 is 6.04 Å². The first-order chi connectivity index (χ1) is 8.83. The molecule has 0 amide bonds. The molecule has 0 aromatic rings. The number of carbonyl (C=O) groups is 1. The van der Waals surface area contributed by atoms with E-state index in [1.807, 2.05) is 0 Å². The van der Waals surface area contributed by atoms with Gasteiger partial charge in [0.25, 0.3) is 0 Å². The van der Waals surface area contributed by atoms with Crippen LogP contribution in [-0.4, -0.2) is 18.1 Å². The normalized spacial score (nSPS) is 37.3. The van der Waals surface area contributed by atoms with Crippen LogP contribution >= 0.6 is 0 Å². The highest BCUT2D eigenvalue weighted by atomic mass is 16.5. The molecular formula is C16H29NO2. The Bertz CT molecular complexity index is 353. The molecule has 3 nitrogen and oxygen atoms in total. The van der Waals surface area contributed by atoms with Crippen molar-refractivity contribution < 1.29 is 9.53 Å². The number of hydrogen-bond donors (Lipinski definition) is 1. The van der Waals surface area contributed by atoms with E-state index in [9.17, 15) is 4.79 Å². The minimum atomic E-state index is -0.439. The number of unbranched alkanes of at least 4 members (excludes halogenated alkanes) is 1. The van der Waals surface area contributed by atoms with Crippen molar-refractivity contribution in [3.63, 3.8) is 0 Å². The van der Waals surface area contributed by atoms with Crippen molar-refractivity contribution in [3.05, 3.63) is 0 Å². The van der Waals surface area contributed by atoms with Gasteiger partial charge in [0.15, 0.2) is 0 Å². The van der Waals surface area contributed by atoms with Gasteiger partial charge < -0.3 is 10.5 Å². The van der Waals surface area contributed by atoms with Crippen LogP contribution in [0.2, 0.25) is 0 Å². The van der Waals surface area contributed by atoms with Crippen LogP contribution in [0.1, 0.15) is 66.2 Å². The van der Waals surface area contributed by atoms with Crippen molar-refractivity contribution in [2.24, 2.45) is 22.5 Å². The Morgan fingerprint density at radius 3 is 2.58 bits per heavy atom. The summed E-state index contributed by atoms with van der Waals surface area (Å²) >= 11 is 0. The Labute approximate surface area is 117 Å². The number of carbonyl (C=O) groups excluding carboxylic acids is 1. The Morgan fingerprint density at radius 1 is 1.42 bits per heavy atom. The lowest BCUT2D eigenvalue weighted by molar-refractivity contribution is -0.158. The first-order valence-corrected chi connectivity index (χ1v) is 7.79. The van der Waals surface area contributed by atoms with Crippen LogP contribution in [0.4, 0.5) is 0 Å². The van der Waals surface area contributed by atoms with Gasteiger partial charge in [-0.2, -0.15) is 0 Å². The molecule has 2 rings (SSSR count). The SMILES string of the molecule is CCCC[C@H](N)C(=O)O[C@@H]1C[C@@H]2CC[C@@]1(C)C2(C)C. The van der Waals surface area contributed by atoms with E-state index in [0.717, 1.165) is 25.7 Å². The van der Waals surface area contributed by atoms with Crippen LogP contribution < -0.4 is 5.73 Å². The number of rotatable bonds is 5. The summed E-state index contributed by atoms with van der Waals surface area (Å²) in [5.74, 6) is 0.505. The van der Waals surface area contributed by atoms with Gasteiger partial charge in [0.2, 0.25) is 0 Å². The highest BCUT2D eigenvalue weighted by Crippen LogP contribution is 2.66. The van der Waals surface area contributed by atoms with Crippen molar-refractivity contribution in [3.8, 4) is 0 Å². The lowest BCUT2D eigenvalue weighted by Crippen LogP contribution is -2.42. The molecule has 2 N–H and O–H groups in total. The van der Waals surface area contributed by atoms with Crippen molar-refractivity contribution in [1.82, 2.24) is 0 Å². The van der Waals surface area contributed by atoms with Crippen LogP contribution in [0.25, 0.3) is 0 Å². The van der Waals surface area contributed by atoms with Gasteiger partial charge in [-0.25, -0.2) is 0 Å². The molecule has 2 bridgehead atoms. The largest absolute Gasteiger partial charge is 0.461 e. The standard InChI is InChI=1S/C16H29NO2/c1-5-6-7-12(17)14(18)19-13-10-11-8-9-16(13,4)15(11,2)3/h11-13H,5-10,17H2,1-4H3/t11-,12-,13+,16+/m0/s1. The third kappa shape index (κ3) is 2.31. The van der Waals surface area contributed by atoms with Gasteiger partial charge in [0.1, 0.15) is 12.1 Å². The van der Waals surface area contributed by atoms with E-state index in [0.29, 0.717) is 5.92 Å². The molecule has 2 aliphatic carbocycles. The molecule has 0 aliphatic heterocycles. The second-order valence-corrected chi connectivity index (χ2v) is 7.28. The van der Waals surface area contributed by atoms with E-state index in [2.05, 4.69) is 27.7 Å². The van der Waals surface area contributed by atoms with Crippen LogP contribution in [-0.2, 0) is 9.53 Å². The van der Waals surface area contributed by atoms with Crippen LogP contribution in [0.3, 0.4) is 0 Å². The topological polar surface area (TPSA) is 52.3 Å². The average molecular weight is 267 g/mol. The Balaban J connectivity index is 1.96. The molecule has 4 atom stereocenters. The van der Waals surface area contributed by atoms with Gasteiger partial charge in [-0.3, -0.25) is 4.79 Å². The second kappa shape index (κ2) is 5.08. The average Bonchev–Trinajstić information content (AvgIpc) is 2.68. The first kappa shape index (κ1) is 14.8. The van der Waals surface area contributed by atoms with Crippen LogP contribution in [0.5, 0.6) is 0 Å². The fraction of sp³-hybridized carbons (Fsp3) is 0.938. The summed E-state index contributed by atoms with van der Waals surface area (Å²) in [6, 6.07) is -0.439. The van der Waals surface area contributed by atoms with E-state index in [4.69, 9.17) is 10.5 Å². The van der Waals surface area contributed by atoms with Crippen molar-refractivity contribution in [2.75, 3.05) is 0 Å². The highest BCUT2D eigenvalue weighted by molar-refractivity contribution is 5.75. The molecule has 2 aliphatic rings. The Hall–Kier alpha value is -0.570. The molecule has 3 heteroatoms. The molecule has 0 aromatic carbocycles. The number of ether oxygens (including phenoxy) is 1. The van der Waals surface area contributed by atoms with Crippen molar-refractivity contribution in [1.29, 1.82) is 0 Å². The predicted molar refractivity (Wildman–Crippen MR) is 76.6 cm³/mol. The van der Waals surface area contributed by atoms with Crippen LogP contribution in [0.15, 0.2) is 0 Å². The maximum atomic E-state index is 12.1. The van der Waals surface area contributed by atoms with E-state index in [1.165, 1.54) is 12.8 Å². The molecule has 0 heterocycles. The molecule has 0 saturated heterocycles. The predicted octanol–water partition coefficient (Wildman–Crippen LogP) is 3.26. The molecule has 2 fully saturated rings. The third-order valence-electron chi connectivity index (χ3n) is 6.14. The zero-order valence-electron chi connectivity index (χ0n) is 12.9. The molecule has 19 heavy (non-hydrogen) atoms. The number of nitrogens with two attached hydrogens (primary N) is 1. The molecule has 0 spiro atoms. The summed E-state index contributed by atoms with van der Waals surface area (Å²) in [5, 5.41) is 0. The molecule has 0 unspecified atom stereocenters. The van der Waals surface area contributed by atoms with Crippen molar-refractivity contribution in [2.45, 2.75) is 78.4 Å². The summed E-state index contributed by atoms with van der Waals surface area (Å²) < 4.78 is 5.78. The van der Waals surface area contributed by atoms with Gasteiger partial charge in [-0.15, -0.1) is 0 Å². The fourth-order valence-corrected chi connectivity index (χ4v) is 4.08. The lowest BCUT2D eigenvalue weighted by Gasteiger charge is -2.38. The maximum Gasteiger partial charge on any atom is 0.323 e. The van der Waals surface area contributed by atoms with E-state index in [1.54, 1.807) is 0 Å².